The van der Waals surface area contributed by atoms with Crippen LogP contribution in [0.25, 0.3) is 0 Å². The van der Waals surface area contributed by atoms with Crippen LogP contribution < -0.4 is 10.5 Å². The average Bonchev–Trinajstić information content (AvgIpc) is 2.36. The first-order valence-corrected chi connectivity index (χ1v) is 8.84. The van der Waals surface area contributed by atoms with Gasteiger partial charge in [0.15, 0.2) is 0 Å². The first kappa shape index (κ1) is 17.4. The van der Waals surface area contributed by atoms with Crippen LogP contribution >= 0.6 is 15.9 Å². The molecule has 1 unspecified atom stereocenters. The number of halogens is 1. The third-order valence-electron chi connectivity index (χ3n) is 3.04. The predicted octanol–water partition coefficient (Wildman–Crippen LogP) is 2.11. The van der Waals surface area contributed by atoms with Crippen LogP contribution in [0.5, 0.6) is 0 Å². The van der Waals surface area contributed by atoms with Crippen molar-refractivity contribution in [3.05, 3.63) is 22.7 Å². The minimum Gasteiger partial charge on any atom is -0.399 e. The number of nitrogens with one attached hydrogen (secondary N) is 1. The van der Waals surface area contributed by atoms with E-state index in [9.17, 15) is 8.42 Å². The Kier molecular flexibility index (Phi) is 6.94. The molecule has 1 aromatic rings. The molecule has 4 N–H and O–H groups in total. The Bertz CT molecular complexity index is 528. The van der Waals surface area contributed by atoms with Gasteiger partial charge in [0.1, 0.15) is 0 Å². The molecule has 0 aliphatic carbocycles. The number of aliphatic hydroxyl groups excluding tert-OH is 1. The molecular formula is C13H21BrN2O3S. The van der Waals surface area contributed by atoms with Crippen molar-refractivity contribution in [2.24, 2.45) is 5.92 Å². The van der Waals surface area contributed by atoms with Crippen molar-refractivity contribution in [2.45, 2.75) is 31.1 Å². The molecule has 0 saturated carbocycles. The smallest absolute Gasteiger partial charge is 0.241 e. The maximum atomic E-state index is 12.2. The van der Waals surface area contributed by atoms with Crippen LogP contribution in [0, 0.1) is 5.92 Å². The number of rotatable bonds is 8. The van der Waals surface area contributed by atoms with Crippen LogP contribution in [0.1, 0.15) is 26.2 Å². The first-order valence-electron chi connectivity index (χ1n) is 6.56. The summed E-state index contributed by atoms with van der Waals surface area (Å²) in [4.78, 5) is 0.172. The van der Waals surface area contributed by atoms with Gasteiger partial charge in [-0.15, -0.1) is 0 Å². The average molecular weight is 365 g/mol. The van der Waals surface area contributed by atoms with Gasteiger partial charge in [0.05, 0.1) is 4.90 Å². The molecule has 0 amide bonds. The normalized spacial score (nSPS) is 13.3. The van der Waals surface area contributed by atoms with E-state index in [0.29, 0.717) is 23.1 Å². The maximum Gasteiger partial charge on any atom is 0.241 e. The molecule has 1 rings (SSSR count). The van der Waals surface area contributed by atoms with Crippen molar-refractivity contribution < 1.29 is 13.5 Å². The second kappa shape index (κ2) is 7.97. The van der Waals surface area contributed by atoms with E-state index in [0.717, 1.165) is 12.8 Å². The lowest BCUT2D eigenvalue weighted by molar-refractivity contribution is 0.251. The number of benzene rings is 1. The highest BCUT2D eigenvalue weighted by molar-refractivity contribution is 9.10. The summed E-state index contributed by atoms with van der Waals surface area (Å²) in [7, 11) is -3.57. The Balaban J connectivity index is 2.78. The standard InChI is InChI=1S/C13H21BrN2O3S/c1-2-3-10(6-7-17)9-16-20(18,19)13-5-4-11(15)8-12(13)14/h4-5,8,10,16-17H,2-3,6-7,9,15H2,1H3. The highest BCUT2D eigenvalue weighted by Crippen LogP contribution is 2.24. The lowest BCUT2D eigenvalue weighted by atomic mass is 10.0. The van der Waals surface area contributed by atoms with Gasteiger partial charge in [-0.05, 0) is 52.9 Å². The zero-order valence-electron chi connectivity index (χ0n) is 11.5. The molecule has 0 radical (unpaired) electrons. The summed E-state index contributed by atoms with van der Waals surface area (Å²) in [5.41, 5.74) is 6.10. The van der Waals surface area contributed by atoms with Crippen molar-refractivity contribution >= 4 is 31.6 Å². The highest BCUT2D eigenvalue weighted by atomic mass is 79.9. The topological polar surface area (TPSA) is 92.4 Å². The number of nitrogen functional groups attached to an aromatic ring is 1. The predicted molar refractivity (Wildman–Crippen MR) is 83.8 cm³/mol. The van der Waals surface area contributed by atoms with Gasteiger partial charge in [-0.2, -0.15) is 0 Å². The van der Waals surface area contributed by atoms with Gasteiger partial charge in [-0.25, -0.2) is 13.1 Å². The molecule has 0 saturated heterocycles. The third-order valence-corrected chi connectivity index (χ3v) is 5.44. The summed E-state index contributed by atoms with van der Waals surface area (Å²) < 4.78 is 27.5. The Morgan fingerprint density at radius 1 is 1.40 bits per heavy atom. The largest absolute Gasteiger partial charge is 0.399 e. The molecule has 0 aromatic heterocycles. The molecule has 0 aliphatic rings. The molecule has 1 aromatic carbocycles. The van der Waals surface area contributed by atoms with Crippen LogP contribution in [0.4, 0.5) is 5.69 Å². The van der Waals surface area contributed by atoms with Crippen molar-refractivity contribution in [3.63, 3.8) is 0 Å². The minimum atomic E-state index is -3.57. The van der Waals surface area contributed by atoms with Gasteiger partial charge in [0, 0.05) is 23.3 Å². The molecule has 0 spiro atoms. The molecule has 114 valence electrons. The second-order valence-electron chi connectivity index (χ2n) is 4.71. The Morgan fingerprint density at radius 3 is 2.65 bits per heavy atom. The van der Waals surface area contributed by atoms with Gasteiger partial charge in [0.2, 0.25) is 10.0 Å². The van der Waals surface area contributed by atoms with E-state index in [2.05, 4.69) is 20.7 Å². The number of aliphatic hydroxyl groups is 1. The van der Waals surface area contributed by atoms with Crippen LogP contribution in [0.2, 0.25) is 0 Å². The minimum absolute atomic E-state index is 0.0674. The van der Waals surface area contributed by atoms with E-state index in [1.165, 1.54) is 6.07 Å². The van der Waals surface area contributed by atoms with E-state index in [4.69, 9.17) is 10.8 Å². The van der Waals surface area contributed by atoms with E-state index >= 15 is 0 Å². The third kappa shape index (κ3) is 5.05. The molecule has 1 atom stereocenters. The van der Waals surface area contributed by atoms with E-state index in [-0.39, 0.29) is 17.4 Å². The molecule has 0 bridgehead atoms. The quantitative estimate of drug-likeness (QED) is 0.615. The van der Waals surface area contributed by atoms with E-state index < -0.39 is 10.0 Å². The number of sulfonamides is 1. The van der Waals surface area contributed by atoms with Crippen LogP contribution in [-0.2, 0) is 10.0 Å². The monoisotopic (exact) mass is 364 g/mol. The van der Waals surface area contributed by atoms with Gasteiger partial charge < -0.3 is 10.8 Å². The van der Waals surface area contributed by atoms with Gasteiger partial charge >= 0.3 is 0 Å². The number of hydrogen-bond acceptors (Lipinski definition) is 4. The Hall–Kier alpha value is -0.630. The zero-order chi connectivity index (χ0) is 15.2. The second-order valence-corrected chi connectivity index (χ2v) is 7.30. The zero-order valence-corrected chi connectivity index (χ0v) is 13.9. The molecule has 20 heavy (non-hydrogen) atoms. The van der Waals surface area contributed by atoms with Gasteiger partial charge in [0.25, 0.3) is 0 Å². The molecular weight excluding hydrogens is 344 g/mol. The summed E-state index contributed by atoms with van der Waals surface area (Å²) in [6.45, 7) is 2.43. The fourth-order valence-corrected chi connectivity index (χ4v) is 4.19. The Labute approximate surface area is 128 Å². The van der Waals surface area contributed by atoms with Crippen LogP contribution in [0.15, 0.2) is 27.6 Å². The van der Waals surface area contributed by atoms with Crippen molar-refractivity contribution in [3.8, 4) is 0 Å². The van der Waals surface area contributed by atoms with Gasteiger partial charge in [-0.1, -0.05) is 13.3 Å². The summed E-state index contributed by atoms with van der Waals surface area (Å²) in [5.74, 6) is 0.146. The van der Waals surface area contributed by atoms with Crippen molar-refractivity contribution in [1.29, 1.82) is 0 Å². The summed E-state index contributed by atoms with van der Waals surface area (Å²) in [5, 5.41) is 8.99. The van der Waals surface area contributed by atoms with Crippen LogP contribution in [-0.4, -0.2) is 26.7 Å². The summed E-state index contributed by atoms with van der Waals surface area (Å²) >= 11 is 3.21. The molecule has 5 nitrogen and oxygen atoms in total. The number of hydrogen-bond donors (Lipinski definition) is 3. The molecule has 0 heterocycles. The summed E-state index contributed by atoms with van der Waals surface area (Å²) in [6.07, 6.45) is 2.43. The van der Waals surface area contributed by atoms with Crippen molar-refractivity contribution in [1.82, 2.24) is 4.72 Å². The molecule has 7 heteroatoms. The lowest BCUT2D eigenvalue weighted by Crippen LogP contribution is -2.30. The number of anilines is 1. The van der Waals surface area contributed by atoms with Gasteiger partial charge in [-0.3, -0.25) is 0 Å². The summed E-state index contributed by atoms with van der Waals surface area (Å²) in [6, 6.07) is 4.59. The van der Waals surface area contributed by atoms with E-state index in [1.807, 2.05) is 6.92 Å². The van der Waals surface area contributed by atoms with Crippen molar-refractivity contribution in [2.75, 3.05) is 18.9 Å². The first-order chi connectivity index (χ1) is 9.40. The lowest BCUT2D eigenvalue weighted by Gasteiger charge is -2.16. The fraction of sp³-hybridized carbons (Fsp3) is 0.538. The van der Waals surface area contributed by atoms with E-state index in [1.54, 1.807) is 12.1 Å². The molecule has 0 aliphatic heterocycles. The van der Waals surface area contributed by atoms with Crippen LogP contribution in [0.3, 0.4) is 0 Å². The fourth-order valence-electron chi connectivity index (χ4n) is 1.98. The highest BCUT2D eigenvalue weighted by Gasteiger charge is 2.19. The number of nitrogens with two attached hydrogens (primary N) is 1. The Morgan fingerprint density at radius 2 is 2.10 bits per heavy atom. The molecule has 0 fully saturated rings. The SMILES string of the molecule is CCCC(CCO)CNS(=O)(=O)c1ccc(N)cc1Br. The maximum absolute atomic E-state index is 12.2.